The van der Waals surface area contributed by atoms with Crippen LogP contribution in [0.2, 0.25) is 0 Å². The molecule has 144 valence electrons. The van der Waals surface area contributed by atoms with Crippen LogP contribution in [0.1, 0.15) is 58.1 Å². The average Bonchev–Trinajstić information content (AvgIpc) is 3.38. The van der Waals surface area contributed by atoms with Crippen molar-refractivity contribution in [2.75, 3.05) is 18.4 Å². The van der Waals surface area contributed by atoms with Gasteiger partial charge in [-0.2, -0.15) is 0 Å². The number of amides is 1. The van der Waals surface area contributed by atoms with Gasteiger partial charge in [-0.3, -0.25) is 4.79 Å². The van der Waals surface area contributed by atoms with E-state index in [0.717, 1.165) is 55.9 Å². The van der Waals surface area contributed by atoms with E-state index in [1.807, 2.05) is 22.8 Å². The Morgan fingerprint density at radius 3 is 3.00 bits per heavy atom. The van der Waals surface area contributed by atoms with Gasteiger partial charge >= 0.3 is 0 Å². The van der Waals surface area contributed by atoms with E-state index in [2.05, 4.69) is 35.1 Å². The number of imidazole rings is 1. The van der Waals surface area contributed by atoms with Crippen molar-refractivity contribution in [2.45, 2.75) is 58.4 Å². The summed E-state index contributed by atoms with van der Waals surface area (Å²) in [4.78, 5) is 19.0. The van der Waals surface area contributed by atoms with E-state index in [1.54, 1.807) is 0 Å². The van der Waals surface area contributed by atoms with Crippen molar-refractivity contribution >= 4 is 22.9 Å². The lowest BCUT2D eigenvalue weighted by Crippen LogP contribution is -2.40. The summed E-state index contributed by atoms with van der Waals surface area (Å²) in [6.45, 7) is 5.82. The van der Waals surface area contributed by atoms with Crippen molar-refractivity contribution in [1.29, 1.82) is 0 Å². The normalized spacial score (nSPS) is 19.9. The number of nitrogens with one attached hydrogen (secondary N) is 1. The van der Waals surface area contributed by atoms with Crippen LogP contribution in [0.15, 0.2) is 24.4 Å². The molecule has 1 aliphatic carbocycles. The molecule has 0 radical (unpaired) electrons. The lowest BCUT2D eigenvalue weighted by atomic mass is 10.1. The van der Waals surface area contributed by atoms with Gasteiger partial charge in [0.2, 0.25) is 5.91 Å². The maximum absolute atomic E-state index is 12.5. The molecule has 6 heteroatoms. The van der Waals surface area contributed by atoms with Gasteiger partial charge in [0.05, 0.1) is 11.9 Å². The molecule has 27 heavy (non-hydrogen) atoms. The number of anilines is 1. The predicted octanol–water partition coefficient (Wildman–Crippen LogP) is 3.75. The molecule has 4 rings (SSSR count). The number of rotatable bonds is 6. The number of hydrogen-bond acceptors (Lipinski definition) is 4. The van der Waals surface area contributed by atoms with E-state index >= 15 is 0 Å². The van der Waals surface area contributed by atoms with Gasteiger partial charge in [0.25, 0.3) is 0 Å². The lowest BCUT2D eigenvalue weighted by molar-refractivity contribution is -0.132. The Bertz CT molecular complexity index is 853. The van der Waals surface area contributed by atoms with E-state index in [1.165, 1.54) is 12.0 Å². The number of carbonyl (C=O) groups excluding carboxylic acids is 1. The minimum Gasteiger partial charge on any atom is -0.367 e. The number of aromatic nitrogens is 3. The molecule has 0 spiro atoms. The SMILES string of the molecule is CC(C)CC(=O)N1CCCC1CNc1ccc2ncc(C3=CCCC3)n2n1. The van der Waals surface area contributed by atoms with Crippen molar-refractivity contribution in [1.82, 2.24) is 19.5 Å². The standard InChI is InChI=1S/C21H29N5O/c1-15(2)12-21(27)25-11-5-8-17(25)13-22-19-9-10-20-23-14-18(26(20)24-19)16-6-3-4-7-16/h6,9-10,14-15,17H,3-5,7-8,11-13H2,1-2H3,(H,22,24). The van der Waals surface area contributed by atoms with Gasteiger partial charge in [0.1, 0.15) is 5.82 Å². The molecule has 1 N–H and O–H groups in total. The monoisotopic (exact) mass is 367 g/mol. The van der Waals surface area contributed by atoms with Crippen molar-refractivity contribution in [3.63, 3.8) is 0 Å². The quantitative estimate of drug-likeness (QED) is 0.845. The van der Waals surface area contributed by atoms with Crippen LogP contribution in [0.3, 0.4) is 0 Å². The second kappa shape index (κ2) is 7.71. The molecule has 1 amide bonds. The van der Waals surface area contributed by atoms with Gasteiger partial charge in [-0.15, -0.1) is 5.10 Å². The first kappa shape index (κ1) is 18.0. The third-order valence-electron chi connectivity index (χ3n) is 5.53. The summed E-state index contributed by atoms with van der Waals surface area (Å²) in [6.07, 6.45) is 10.4. The number of carbonyl (C=O) groups is 1. The smallest absolute Gasteiger partial charge is 0.223 e. The molecule has 6 nitrogen and oxygen atoms in total. The fourth-order valence-corrected chi connectivity index (χ4v) is 4.16. The number of likely N-dealkylation sites (tertiary alicyclic amines) is 1. The molecule has 1 atom stereocenters. The van der Waals surface area contributed by atoms with Crippen LogP contribution in [0.25, 0.3) is 11.2 Å². The van der Waals surface area contributed by atoms with Crippen LogP contribution in [-0.2, 0) is 4.79 Å². The molecular weight excluding hydrogens is 338 g/mol. The van der Waals surface area contributed by atoms with Gasteiger partial charge in [-0.1, -0.05) is 19.9 Å². The number of nitrogens with zero attached hydrogens (tertiary/aromatic N) is 4. The Kier molecular flexibility index (Phi) is 5.14. The van der Waals surface area contributed by atoms with Crippen LogP contribution in [0.5, 0.6) is 0 Å². The number of allylic oxidation sites excluding steroid dienone is 2. The Morgan fingerprint density at radius 1 is 1.33 bits per heavy atom. The summed E-state index contributed by atoms with van der Waals surface area (Å²) in [5, 5.41) is 8.21. The summed E-state index contributed by atoms with van der Waals surface area (Å²) in [7, 11) is 0. The Hall–Kier alpha value is -2.37. The topological polar surface area (TPSA) is 62.5 Å². The van der Waals surface area contributed by atoms with E-state index in [4.69, 9.17) is 5.10 Å². The molecule has 1 saturated heterocycles. The number of fused-ring (bicyclic) bond motifs is 1. The van der Waals surface area contributed by atoms with Crippen LogP contribution < -0.4 is 5.32 Å². The Labute approximate surface area is 160 Å². The van der Waals surface area contributed by atoms with E-state index in [0.29, 0.717) is 12.3 Å². The van der Waals surface area contributed by atoms with Gasteiger partial charge in [-0.25, -0.2) is 9.50 Å². The molecule has 3 heterocycles. The molecule has 0 bridgehead atoms. The second-order valence-corrected chi connectivity index (χ2v) is 8.12. The van der Waals surface area contributed by atoms with Crippen LogP contribution in [-0.4, -0.2) is 44.5 Å². The Balaban J connectivity index is 1.45. The second-order valence-electron chi connectivity index (χ2n) is 8.12. The third kappa shape index (κ3) is 3.84. The fourth-order valence-electron chi connectivity index (χ4n) is 4.16. The summed E-state index contributed by atoms with van der Waals surface area (Å²) in [6, 6.07) is 4.24. The molecule has 2 aromatic heterocycles. The van der Waals surface area contributed by atoms with Crippen molar-refractivity contribution in [3.05, 3.63) is 30.1 Å². The molecule has 1 fully saturated rings. The molecule has 2 aliphatic rings. The highest BCUT2D eigenvalue weighted by Gasteiger charge is 2.28. The van der Waals surface area contributed by atoms with Crippen LogP contribution >= 0.6 is 0 Å². The third-order valence-corrected chi connectivity index (χ3v) is 5.53. The number of hydrogen-bond donors (Lipinski definition) is 1. The highest BCUT2D eigenvalue weighted by atomic mass is 16.2. The first-order valence-corrected chi connectivity index (χ1v) is 10.2. The molecular formula is C21H29N5O. The predicted molar refractivity (Wildman–Crippen MR) is 107 cm³/mol. The maximum atomic E-state index is 12.5. The van der Waals surface area contributed by atoms with Gasteiger partial charge < -0.3 is 10.2 Å². The van der Waals surface area contributed by atoms with Crippen molar-refractivity contribution < 1.29 is 4.79 Å². The van der Waals surface area contributed by atoms with E-state index in [-0.39, 0.29) is 11.9 Å². The fraction of sp³-hybridized carbons (Fsp3) is 0.571. The lowest BCUT2D eigenvalue weighted by Gasteiger charge is -2.26. The van der Waals surface area contributed by atoms with Gasteiger partial charge in [0, 0.05) is 25.6 Å². The molecule has 2 aromatic rings. The summed E-state index contributed by atoms with van der Waals surface area (Å²) < 4.78 is 1.94. The first-order valence-electron chi connectivity index (χ1n) is 10.2. The van der Waals surface area contributed by atoms with Crippen molar-refractivity contribution in [2.24, 2.45) is 5.92 Å². The van der Waals surface area contributed by atoms with E-state index < -0.39 is 0 Å². The highest BCUT2D eigenvalue weighted by molar-refractivity contribution is 5.77. The van der Waals surface area contributed by atoms with Crippen molar-refractivity contribution in [3.8, 4) is 0 Å². The Morgan fingerprint density at radius 2 is 2.22 bits per heavy atom. The largest absolute Gasteiger partial charge is 0.367 e. The zero-order chi connectivity index (χ0) is 18.8. The molecule has 0 aromatic carbocycles. The average molecular weight is 367 g/mol. The van der Waals surface area contributed by atoms with Crippen LogP contribution in [0, 0.1) is 5.92 Å². The zero-order valence-corrected chi connectivity index (χ0v) is 16.3. The summed E-state index contributed by atoms with van der Waals surface area (Å²) >= 11 is 0. The van der Waals surface area contributed by atoms with Gasteiger partial charge in [0.15, 0.2) is 5.65 Å². The van der Waals surface area contributed by atoms with E-state index in [9.17, 15) is 4.79 Å². The summed E-state index contributed by atoms with van der Waals surface area (Å²) in [5.74, 6) is 1.52. The molecule has 1 aliphatic heterocycles. The highest BCUT2D eigenvalue weighted by Crippen LogP contribution is 2.28. The zero-order valence-electron chi connectivity index (χ0n) is 16.3. The molecule has 0 saturated carbocycles. The minimum absolute atomic E-state index is 0.258. The first-order chi connectivity index (χ1) is 13.1. The maximum Gasteiger partial charge on any atom is 0.223 e. The molecule has 1 unspecified atom stereocenters. The summed E-state index contributed by atoms with van der Waals surface area (Å²) in [5.41, 5.74) is 3.31. The van der Waals surface area contributed by atoms with Crippen LogP contribution in [0.4, 0.5) is 5.82 Å². The van der Waals surface area contributed by atoms with Gasteiger partial charge in [-0.05, 0) is 55.7 Å². The minimum atomic E-state index is 0.258.